The van der Waals surface area contributed by atoms with Crippen LogP contribution in [0.5, 0.6) is 11.5 Å². The Bertz CT molecular complexity index is 2540. The predicted molar refractivity (Wildman–Crippen MR) is 242 cm³/mol. The van der Waals surface area contributed by atoms with Crippen LogP contribution in [-0.4, -0.2) is 44.5 Å². The molecule has 12 heteroatoms. The van der Waals surface area contributed by atoms with Gasteiger partial charge in [-0.25, -0.2) is 4.79 Å². The van der Waals surface area contributed by atoms with Crippen LogP contribution >= 0.6 is 23.1 Å². The third-order valence-electron chi connectivity index (χ3n) is 10.2. The lowest BCUT2D eigenvalue weighted by atomic mass is 9.83. The van der Waals surface area contributed by atoms with Crippen molar-refractivity contribution in [3.8, 4) is 11.5 Å². The van der Waals surface area contributed by atoms with Crippen LogP contribution in [0.25, 0.3) is 6.08 Å². The van der Waals surface area contributed by atoms with E-state index < -0.39 is 23.0 Å². The minimum atomic E-state index is -0.737. The number of anilines is 2. The van der Waals surface area contributed by atoms with E-state index in [-0.39, 0.29) is 18.2 Å². The normalized spacial score (nSPS) is 13.9. The molecule has 1 aliphatic rings. The summed E-state index contributed by atoms with van der Waals surface area (Å²) in [4.78, 5) is 57.1. The van der Waals surface area contributed by atoms with Crippen molar-refractivity contribution in [3.63, 3.8) is 0 Å². The summed E-state index contributed by atoms with van der Waals surface area (Å²) in [5.74, 6) is -0.659. The zero-order chi connectivity index (χ0) is 42.7. The Labute approximate surface area is 363 Å². The van der Waals surface area contributed by atoms with Gasteiger partial charge in [0.05, 0.1) is 26.4 Å². The SMILES string of the molecule is CCOC(=O)c1c(NC(=O)C(Sc2cccc(NC(=O)/C(=C\c3cccc(OC)c3OC)NC(=O)c3ccccc3)c2)c2ccccc2)sc2c1CCC(c1ccccc1)C2. The smallest absolute Gasteiger partial charge is 0.341 e. The minimum absolute atomic E-state index is 0.0360. The predicted octanol–water partition coefficient (Wildman–Crippen LogP) is 10.1. The summed E-state index contributed by atoms with van der Waals surface area (Å²) in [5.41, 5.74) is 4.66. The maximum absolute atomic E-state index is 14.5. The van der Waals surface area contributed by atoms with Gasteiger partial charge in [0, 0.05) is 26.6 Å². The molecule has 1 heterocycles. The van der Waals surface area contributed by atoms with Crippen molar-refractivity contribution < 1.29 is 33.4 Å². The Balaban J connectivity index is 1.15. The molecule has 7 rings (SSSR count). The third kappa shape index (κ3) is 10.2. The number of methoxy groups -OCH3 is 2. The van der Waals surface area contributed by atoms with Gasteiger partial charge in [-0.2, -0.15) is 0 Å². The molecule has 0 saturated carbocycles. The summed E-state index contributed by atoms with van der Waals surface area (Å²) >= 11 is 2.75. The molecule has 61 heavy (non-hydrogen) atoms. The van der Waals surface area contributed by atoms with Crippen LogP contribution in [0.3, 0.4) is 0 Å². The maximum Gasteiger partial charge on any atom is 0.341 e. The van der Waals surface area contributed by atoms with E-state index in [2.05, 4.69) is 28.1 Å². The maximum atomic E-state index is 14.5. The van der Waals surface area contributed by atoms with E-state index >= 15 is 0 Å². The molecule has 0 bridgehead atoms. The zero-order valence-electron chi connectivity index (χ0n) is 33.9. The molecule has 0 radical (unpaired) electrons. The second kappa shape index (κ2) is 20.1. The quantitative estimate of drug-likeness (QED) is 0.0529. The van der Waals surface area contributed by atoms with E-state index in [1.165, 1.54) is 49.0 Å². The second-order valence-electron chi connectivity index (χ2n) is 14.1. The summed E-state index contributed by atoms with van der Waals surface area (Å²) in [7, 11) is 3.02. The number of amides is 3. The number of thioether (sulfide) groups is 1. The standard InChI is InChI=1S/C49H45N3O7S2/c1-4-59-49(56)42-38-27-26-34(31-16-8-5-9-17-31)29-41(38)61-48(42)52-47(55)44(32-18-10-6-11-19-32)60-37-24-15-23-36(30-37)50-46(54)39(51-45(53)33-20-12-7-13-21-33)28-35-22-14-25-40(57-2)43(35)58-3/h5-25,28,30,34,44H,4,26-27,29H2,1-3H3,(H,50,54)(H,51,53)(H,52,55)/b39-28+. The van der Waals surface area contributed by atoms with Crippen LogP contribution in [0.4, 0.5) is 10.7 Å². The van der Waals surface area contributed by atoms with Gasteiger partial charge in [0.25, 0.3) is 11.8 Å². The van der Waals surface area contributed by atoms with Crippen molar-refractivity contribution in [2.24, 2.45) is 0 Å². The molecule has 5 aromatic carbocycles. The number of benzene rings is 5. The highest BCUT2D eigenvalue weighted by molar-refractivity contribution is 8.00. The van der Waals surface area contributed by atoms with Crippen LogP contribution in [0.15, 0.2) is 144 Å². The first-order chi connectivity index (χ1) is 29.8. The Hall–Kier alpha value is -6.63. The Kier molecular flexibility index (Phi) is 14.0. The van der Waals surface area contributed by atoms with Gasteiger partial charge in [-0.05, 0) is 91.3 Å². The second-order valence-corrected chi connectivity index (χ2v) is 16.4. The van der Waals surface area contributed by atoms with Crippen LogP contribution in [0, 0.1) is 0 Å². The van der Waals surface area contributed by atoms with Gasteiger partial charge in [0.15, 0.2) is 11.5 Å². The summed E-state index contributed by atoms with van der Waals surface area (Å²) in [6.07, 6.45) is 3.88. The molecule has 0 fully saturated rings. The molecule has 0 saturated heterocycles. The number of fused-ring (bicyclic) bond motifs is 1. The number of carbonyl (C=O) groups excluding carboxylic acids is 4. The molecule has 310 valence electrons. The van der Waals surface area contributed by atoms with Gasteiger partial charge >= 0.3 is 5.97 Å². The van der Waals surface area contributed by atoms with Crippen LogP contribution in [0.1, 0.15) is 72.4 Å². The average Bonchev–Trinajstić information content (AvgIpc) is 3.65. The molecule has 0 spiro atoms. The molecular formula is C49H45N3O7S2. The summed E-state index contributed by atoms with van der Waals surface area (Å²) in [5, 5.41) is 8.57. The number of esters is 1. The number of carbonyl (C=O) groups is 4. The molecule has 10 nitrogen and oxygen atoms in total. The molecule has 1 aromatic heterocycles. The molecule has 2 atom stereocenters. The fourth-order valence-electron chi connectivity index (χ4n) is 7.29. The number of ether oxygens (including phenoxy) is 3. The van der Waals surface area contributed by atoms with Crippen LogP contribution in [-0.2, 0) is 27.2 Å². The van der Waals surface area contributed by atoms with Crippen molar-refractivity contribution in [2.45, 2.75) is 42.2 Å². The molecular weight excluding hydrogens is 807 g/mol. The van der Waals surface area contributed by atoms with Gasteiger partial charge in [0.1, 0.15) is 15.9 Å². The van der Waals surface area contributed by atoms with Crippen molar-refractivity contribution in [1.82, 2.24) is 5.32 Å². The number of rotatable bonds is 15. The lowest BCUT2D eigenvalue weighted by Gasteiger charge is -2.23. The van der Waals surface area contributed by atoms with Gasteiger partial charge in [0.2, 0.25) is 5.91 Å². The van der Waals surface area contributed by atoms with Crippen molar-refractivity contribution in [1.29, 1.82) is 0 Å². The van der Waals surface area contributed by atoms with Crippen molar-refractivity contribution >= 4 is 63.6 Å². The van der Waals surface area contributed by atoms with E-state index in [0.29, 0.717) is 56.1 Å². The van der Waals surface area contributed by atoms with Gasteiger partial charge in [-0.15, -0.1) is 23.1 Å². The summed E-state index contributed by atoms with van der Waals surface area (Å²) < 4.78 is 16.6. The third-order valence-corrected chi connectivity index (χ3v) is 12.6. The van der Waals surface area contributed by atoms with Gasteiger partial charge in [-0.3, -0.25) is 14.4 Å². The number of nitrogens with one attached hydrogen (secondary N) is 3. The van der Waals surface area contributed by atoms with Crippen molar-refractivity contribution in [2.75, 3.05) is 31.5 Å². The first-order valence-electron chi connectivity index (χ1n) is 19.9. The first kappa shape index (κ1) is 42.5. The molecule has 6 aromatic rings. The Morgan fingerprint density at radius 3 is 2.23 bits per heavy atom. The summed E-state index contributed by atoms with van der Waals surface area (Å²) in [6.45, 7) is 1.99. The average molecular weight is 852 g/mol. The highest BCUT2D eigenvalue weighted by Gasteiger charge is 2.32. The fraction of sp³-hybridized carbons (Fsp3) is 0.184. The summed E-state index contributed by atoms with van der Waals surface area (Å²) in [6, 6.07) is 40.8. The Morgan fingerprint density at radius 1 is 0.820 bits per heavy atom. The largest absolute Gasteiger partial charge is 0.493 e. The molecule has 3 amide bonds. The van der Waals surface area contributed by atoms with E-state index in [1.807, 2.05) is 54.6 Å². The van der Waals surface area contributed by atoms with E-state index in [9.17, 15) is 19.2 Å². The Morgan fingerprint density at radius 2 is 1.52 bits per heavy atom. The van der Waals surface area contributed by atoms with E-state index in [4.69, 9.17) is 14.2 Å². The fourth-order valence-corrected chi connectivity index (χ4v) is 9.69. The number of thiophene rings is 1. The minimum Gasteiger partial charge on any atom is -0.493 e. The highest BCUT2D eigenvalue weighted by Crippen LogP contribution is 2.44. The number of hydrogen-bond acceptors (Lipinski definition) is 9. The molecule has 2 unspecified atom stereocenters. The molecule has 0 aliphatic heterocycles. The first-order valence-corrected chi connectivity index (χ1v) is 21.5. The molecule has 3 N–H and O–H groups in total. The van der Waals surface area contributed by atoms with E-state index in [1.54, 1.807) is 73.7 Å². The lowest BCUT2D eigenvalue weighted by Crippen LogP contribution is -2.30. The van der Waals surface area contributed by atoms with Crippen LogP contribution in [0.2, 0.25) is 0 Å². The van der Waals surface area contributed by atoms with E-state index in [0.717, 1.165) is 28.8 Å². The zero-order valence-corrected chi connectivity index (χ0v) is 35.6. The molecule has 1 aliphatic carbocycles. The monoisotopic (exact) mass is 851 g/mol. The number of para-hydroxylation sites is 1. The van der Waals surface area contributed by atoms with Gasteiger partial charge < -0.3 is 30.2 Å². The highest BCUT2D eigenvalue weighted by atomic mass is 32.2. The van der Waals surface area contributed by atoms with Crippen LogP contribution < -0.4 is 25.4 Å². The topological polar surface area (TPSA) is 132 Å². The number of hydrogen-bond donors (Lipinski definition) is 3. The lowest BCUT2D eigenvalue weighted by molar-refractivity contribution is -0.116. The van der Waals surface area contributed by atoms with Gasteiger partial charge in [-0.1, -0.05) is 97.1 Å². The van der Waals surface area contributed by atoms with Crippen molar-refractivity contribution in [3.05, 3.63) is 177 Å².